The minimum Gasteiger partial charge on any atom is -0.480 e. The monoisotopic (exact) mass is 342 g/mol. The van der Waals surface area contributed by atoms with Crippen LogP contribution in [-0.4, -0.2) is 46.8 Å². The first-order chi connectivity index (χ1) is 10.2. The smallest absolute Gasteiger partial charge is 0.451 e. The molecule has 0 rings (SSSR count). The number of hydrogen-bond acceptors (Lipinski definition) is 5. The number of nitrogens with two attached hydrogens (primary N) is 1. The van der Waals surface area contributed by atoms with E-state index >= 15 is 0 Å². The number of ether oxygens (including phenoxy) is 1. The van der Waals surface area contributed by atoms with Crippen molar-refractivity contribution in [2.45, 2.75) is 63.9 Å². The van der Waals surface area contributed by atoms with Crippen molar-refractivity contribution in [2.75, 3.05) is 0 Å². The number of aliphatic carboxylic acids is 1. The number of rotatable bonds is 7. The Morgan fingerprint density at radius 2 is 1.70 bits per heavy atom. The highest BCUT2D eigenvalue weighted by molar-refractivity contribution is 5.88. The molecule has 1 unspecified atom stereocenters. The van der Waals surface area contributed by atoms with Gasteiger partial charge in [-0.2, -0.15) is 13.2 Å². The van der Waals surface area contributed by atoms with Gasteiger partial charge in [0.25, 0.3) is 5.78 Å². The zero-order valence-corrected chi connectivity index (χ0v) is 13.1. The molecule has 0 saturated heterocycles. The van der Waals surface area contributed by atoms with Gasteiger partial charge in [0.1, 0.15) is 11.6 Å². The second-order valence-electron chi connectivity index (χ2n) is 5.94. The van der Waals surface area contributed by atoms with Crippen LogP contribution in [0.5, 0.6) is 0 Å². The third-order valence-corrected chi connectivity index (χ3v) is 2.61. The Hall–Kier alpha value is -1.84. The average Bonchev–Trinajstić information content (AvgIpc) is 2.32. The minimum atomic E-state index is -5.03. The van der Waals surface area contributed by atoms with Crippen LogP contribution in [0.25, 0.3) is 0 Å². The van der Waals surface area contributed by atoms with E-state index in [-0.39, 0.29) is 19.3 Å². The summed E-state index contributed by atoms with van der Waals surface area (Å²) >= 11 is 0. The molecule has 1 amide bonds. The maximum atomic E-state index is 12.1. The minimum absolute atomic E-state index is 0.0875. The summed E-state index contributed by atoms with van der Waals surface area (Å²) in [5, 5.41) is 11.1. The summed E-state index contributed by atoms with van der Waals surface area (Å²) in [6.07, 6.45) is -6.61. The normalized spacial score (nSPS) is 14.7. The van der Waals surface area contributed by atoms with Gasteiger partial charge in [0.05, 0.1) is 6.04 Å². The molecular weight excluding hydrogens is 321 g/mol. The summed E-state index contributed by atoms with van der Waals surface area (Å²) in [5.41, 5.74) is 4.30. The molecule has 134 valence electrons. The van der Waals surface area contributed by atoms with Crippen LogP contribution >= 0.6 is 0 Å². The van der Waals surface area contributed by atoms with Crippen LogP contribution in [0, 0.1) is 0 Å². The number of carbonyl (C=O) groups excluding carboxylic acids is 2. The van der Waals surface area contributed by atoms with Crippen LogP contribution in [-0.2, 0) is 14.3 Å². The van der Waals surface area contributed by atoms with Crippen molar-refractivity contribution < 1.29 is 37.4 Å². The van der Waals surface area contributed by atoms with E-state index in [9.17, 15) is 27.6 Å². The fourth-order valence-corrected chi connectivity index (χ4v) is 1.59. The Morgan fingerprint density at radius 3 is 2.09 bits per heavy atom. The van der Waals surface area contributed by atoms with Crippen molar-refractivity contribution in [3.8, 4) is 0 Å². The van der Waals surface area contributed by atoms with Gasteiger partial charge in [0, 0.05) is 0 Å². The maximum Gasteiger partial charge on any atom is 0.451 e. The van der Waals surface area contributed by atoms with Gasteiger partial charge in [-0.1, -0.05) is 0 Å². The Kier molecular flexibility index (Phi) is 7.49. The molecule has 0 saturated carbocycles. The van der Waals surface area contributed by atoms with E-state index in [4.69, 9.17) is 15.6 Å². The van der Waals surface area contributed by atoms with E-state index in [0.29, 0.717) is 0 Å². The molecule has 0 fully saturated rings. The van der Waals surface area contributed by atoms with E-state index in [1.807, 2.05) is 0 Å². The van der Waals surface area contributed by atoms with Crippen LogP contribution in [0.3, 0.4) is 0 Å². The van der Waals surface area contributed by atoms with Gasteiger partial charge in [0.15, 0.2) is 0 Å². The van der Waals surface area contributed by atoms with Crippen LogP contribution < -0.4 is 11.1 Å². The summed E-state index contributed by atoms with van der Waals surface area (Å²) in [6.45, 7) is 4.76. The summed E-state index contributed by atoms with van der Waals surface area (Å²) < 4.78 is 41.3. The summed E-state index contributed by atoms with van der Waals surface area (Å²) in [4.78, 5) is 33.4. The molecule has 2 atom stereocenters. The number of hydrogen-bond donors (Lipinski definition) is 3. The first-order valence-corrected chi connectivity index (χ1v) is 6.83. The van der Waals surface area contributed by atoms with Crippen molar-refractivity contribution >= 4 is 17.8 Å². The fraction of sp³-hybridized carbons (Fsp3) is 0.769. The molecular formula is C13H21F3N2O5. The second-order valence-corrected chi connectivity index (χ2v) is 5.94. The van der Waals surface area contributed by atoms with Gasteiger partial charge < -0.3 is 20.9 Å². The SMILES string of the molecule is CC(C)(C)OC(=O)N[C@@H](CCCC(N)C(=O)C(F)(F)F)C(=O)O. The third-order valence-electron chi connectivity index (χ3n) is 2.61. The Balaban J connectivity index is 4.44. The number of carboxylic acid groups (broad SMARTS) is 1. The van der Waals surface area contributed by atoms with Crippen molar-refractivity contribution in [2.24, 2.45) is 5.73 Å². The quantitative estimate of drug-likeness (QED) is 0.646. The lowest BCUT2D eigenvalue weighted by Crippen LogP contribution is -2.44. The van der Waals surface area contributed by atoms with Gasteiger partial charge in [0.2, 0.25) is 0 Å². The van der Waals surface area contributed by atoms with Crippen LogP contribution in [0.2, 0.25) is 0 Å². The zero-order chi connectivity index (χ0) is 18.4. The molecule has 0 aromatic carbocycles. The van der Waals surface area contributed by atoms with Gasteiger partial charge in [-0.3, -0.25) is 4.79 Å². The molecule has 0 aromatic heterocycles. The zero-order valence-electron chi connectivity index (χ0n) is 13.1. The number of nitrogens with one attached hydrogen (secondary N) is 1. The topological polar surface area (TPSA) is 119 Å². The Bertz CT molecular complexity index is 446. The number of ketones is 1. The van der Waals surface area contributed by atoms with E-state index in [0.717, 1.165) is 0 Å². The van der Waals surface area contributed by atoms with Crippen molar-refractivity contribution in [1.82, 2.24) is 5.32 Å². The highest BCUT2D eigenvalue weighted by atomic mass is 19.4. The van der Waals surface area contributed by atoms with E-state index < -0.39 is 41.7 Å². The molecule has 0 radical (unpaired) electrons. The third kappa shape index (κ3) is 9.01. The van der Waals surface area contributed by atoms with E-state index in [2.05, 4.69) is 5.32 Å². The number of carboxylic acids is 1. The number of carbonyl (C=O) groups is 3. The van der Waals surface area contributed by atoms with Gasteiger partial charge in [-0.15, -0.1) is 0 Å². The molecule has 0 aliphatic carbocycles. The molecule has 4 N–H and O–H groups in total. The molecule has 7 nitrogen and oxygen atoms in total. The molecule has 0 heterocycles. The molecule has 0 aliphatic heterocycles. The van der Waals surface area contributed by atoms with Gasteiger partial charge in [-0.05, 0) is 40.0 Å². The molecule has 0 aromatic rings. The molecule has 0 bridgehead atoms. The number of Topliss-reactive ketones (excluding diaryl/α,β-unsaturated/α-hetero) is 1. The molecule has 0 aliphatic rings. The van der Waals surface area contributed by atoms with E-state index in [1.54, 1.807) is 20.8 Å². The Labute approximate surface area is 131 Å². The van der Waals surface area contributed by atoms with E-state index in [1.165, 1.54) is 0 Å². The number of halogens is 3. The van der Waals surface area contributed by atoms with Crippen LogP contribution in [0.15, 0.2) is 0 Å². The fourth-order valence-electron chi connectivity index (χ4n) is 1.59. The predicted octanol–water partition coefficient (Wildman–Crippen LogP) is 1.59. The molecule has 23 heavy (non-hydrogen) atoms. The largest absolute Gasteiger partial charge is 0.480 e. The van der Waals surface area contributed by atoms with Crippen LogP contribution in [0.4, 0.5) is 18.0 Å². The number of alkyl carbamates (subject to hydrolysis) is 1. The highest BCUT2D eigenvalue weighted by Gasteiger charge is 2.41. The van der Waals surface area contributed by atoms with Crippen molar-refractivity contribution in [3.63, 3.8) is 0 Å². The van der Waals surface area contributed by atoms with Crippen molar-refractivity contribution in [3.05, 3.63) is 0 Å². The molecule has 0 spiro atoms. The second kappa shape index (κ2) is 8.14. The van der Waals surface area contributed by atoms with Gasteiger partial charge >= 0.3 is 18.2 Å². The lowest BCUT2D eigenvalue weighted by atomic mass is 10.0. The summed E-state index contributed by atoms with van der Waals surface area (Å²) in [5.74, 6) is -3.43. The summed E-state index contributed by atoms with van der Waals surface area (Å²) in [6, 6.07) is -3.11. The predicted molar refractivity (Wildman–Crippen MR) is 73.7 cm³/mol. The number of alkyl halides is 3. The summed E-state index contributed by atoms with van der Waals surface area (Å²) in [7, 11) is 0. The Morgan fingerprint density at radius 1 is 1.17 bits per heavy atom. The first kappa shape index (κ1) is 21.2. The van der Waals surface area contributed by atoms with Crippen molar-refractivity contribution in [1.29, 1.82) is 0 Å². The first-order valence-electron chi connectivity index (χ1n) is 6.83. The van der Waals surface area contributed by atoms with Crippen LogP contribution in [0.1, 0.15) is 40.0 Å². The average molecular weight is 342 g/mol. The number of amides is 1. The lowest BCUT2D eigenvalue weighted by Gasteiger charge is -2.22. The highest BCUT2D eigenvalue weighted by Crippen LogP contribution is 2.19. The maximum absolute atomic E-state index is 12.1. The lowest BCUT2D eigenvalue weighted by molar-refractivity contribution is -0.172. The standard InChI is InChI=1S/C13H21F3N2O5/c1-12(2,3)23-11(22)18-8(10(20)21)6-4-5-7(17)9(19)13(14,15)16/h7-8H,4-6,17H2,1-3H3,(H,18,22)(H,20,21)/t7?,8-/m0/s1. The van der Waals surface area contributed by atoms with Gasteiger partial charge in [-0.25, -0.2) is 9.59 Å². The molecule has 10 heteroatoms.